The molecule has 2 unspecified atom stereocenters. The van der Waals surface area contributed by atoms with Gasteiger partial charge in [-0.1, -0.05) is 34.1 Å². The molecule has 1 N–H and O–H groups in total. The van der Waals surface area contributed by atoms with E-state index in [1.165, 1.54) is 64.7 Å². The van der Waals surface area contributed by atoms with Gasteiger partial charge in [0.25, 0.3) is 0 Å². The number of rotatable bonds is 8. The predicted octanol–water partition coefficient (Wildman–Crippen LogP) is 3.91. The average molecular weight is 280 g/mol. The zero-order valence-electron chi connectivity index (χ0n) is 14.3. The van der Waals surface area contributed by atoms with Gasteiger partial charge in [-0.05, 0) is 62.4 Å². The fourth-order valence-corrected chi connectivity index (χ4v) is 4.05. The molecule has 0 amide bonds. The van der Waals surface area contributed by atoms with Crippen LogP contribution in [-0.2, 0) is 0 Å². The summed E-state index contributed by atoms with van der Waals surface area (Å²) in [6, 6.07) is 0.712. The molecule has 20 heavy (non-hydrogen) atoms. The van der Waals surface area contributed by atoms with Gasteiger partial charge in [-0.25, -0.2) is 0 Å². The number of hydrogen-bond acceptors (Lipinski definition) is 2. The maximum atomic E-state index is 3.88. The predicted molar refractivity (Wildman–Crippen MR) is 88.0 cm³/mol. The van der Waals surface area contributed by atoms with Crippen molar-refractivity contribution in [2.45, 2.75) is 72.3 Å². The van der Waals surface area contributed by atoms with Crippen molar-refractivity contribution in [2.24, 2.45) is 17.3 Å². The molecule has 0 saturated heterocycles. The van der Waals surface area contributed by atoms with Gasteiger partial charge in [-0.15, -0.1) is 0 Å². The summed E-state index contributed by atoms with van der Waals surface area (Å²) in [6.07, 6.45) is 8.43. The lowest BCUT2D eigenvalue weighted by Gasteiger charge is -2.46. The van der Waals surface area contributed by atoms with E-state index in [2.05, 4.69) is 37.9 Å². The molecule has 2 nitrogen and oxygen atoms in total. The Bertz CT molecular complexity index is 283. The van der Waals surface area contributed by atoms with Gasteiger partial charge in [-0.3, -0.25) is 0 Å². The van der Waals surface area contributed by atoms with E-state index >= 15 is 0 Å². The van der Waals surface area contributed by atoms with Gasteiger partial charge in [0.2, 0.25) is 0 Å². The zero-order valence-corrected chi connectivity index (χ0v) is 14.3. The van der Waals surface area contributed by atoms with Gasteiger partial charge in [0.05, 0.1) is 0 Å². The first-order chi connectivity index (χ1) is 9.56. The smallest absolute Gasteiger partial charge is 0.0159 e. The Labute approximate surface area is 126 Å². The van der Waals surface area contributed by atoms with Crippen molar-refractivity contribution >= 4 is 0 Å². The van der Waals surface area contributed by atoms with Gasteiger partial charge in [0.1, 0.15) is 0 Å². The Hall–Kier alpha value is -0.0800. The maximum Gasteiger partial charge on any atom is 0.0159 e. The topological polar surface area (TPSA) is 15.3 Å². The summed E-state index contributed by atoms with van der Waals surface area (Å²) in [4.78, 5) is 2.73. The van der Waals surface area contributed by atoms with E-state index < -0.39 is 0 Å². The van der Waals surface area contributed by atoms with Crippen LogP contribution in [0.1, 0.15) is 66.2 Å². The monoisotopic (exact) mass is 280 g/mol. The van der Waals surface area contributed by atoms with Gasteiger partial charge < -0.3 is 10.2 Å². The molecule has 0 heterocycles. The molecular weight excluding hydrogens is 244 g/mol. The van der Waals surface area contributed by atoms with Gasteiger partial charge in [0, 0.05) is 19.1 Å². The van der Waals surface area contributed by atoms with Crippen molar-refractivity contribution in [1.29, 1.82) is 0 Å². The first kappa shape index (κ1) is 16.3. The third-order valence-electron chi connectivity index (χ3n) is 5.48. The maximum absolute atomic E-state index is 3.88. The van der Waals surface area contributed by atoms with E-state index in [0.717, 1.165) is 11.8 Å². The second kappa shape index (κ2) is 7.26. The Kier molecular flexibility index (Phi) is 5.92. The zero-order chi connectivity index (χ0) is 14.6. The Balaban J connectivity index is 1.93. The first-order valence-corrected chi connectivity index (χ1v) is 9.02. The number of nitrogens with one attached hydrogen (secondary N) is 1. The van der Waals surface area contributed by atoms with Crippen LogP contribution in [0.15, 0.2) is 0 Å². The molecule has 0 aliphatic heterocycles. The molecule has 118 valence electrons. The molecular formula is C18H36N2. The quantitative estimate of drug-likeness (QED) is 0.725. The molecule has 2 atom stereocenters. The van der Waals surface area contributed by atoms with Crippen molar-refractivity contribution < 1.29 is 0 Å². The van der Waals surface area contributed by atoms with E-state index in [-0.39, 0.29) is 0 Å². The molecule has 0 spiro atoms. The second-order valence-electron chi connectivity index (χ2n) is 7.87. The molecule has 0 aromatic heterocycles. The highest BCUT2D eigenvalue weighted by atomic mass is 15.1. The standard InChI is InChI=1S/C18H36N2/c1-5-12-19-17-16(8-7-11-18(17,3)4)14-20(6-2)13-15-9-10-15/h15-17,19H,5-14H2,1-4H3. The fourth-order valence-electron chi connectivity index (χ4n) is 4.05. The summed E-state index contributed by atoms with van der Waals surface area (Å²) >= 11 is 0. The molecule has 2 heteroatoms. The minimum Gasteiger partial charge on any atom is -0.313 e. The van der Waals surface area contributed by atoms with Crippen LogP contribution in [-0.4, -0.2) is 37.1 Å². The van der Waals surface area contributed by atoms with E-state index in [1.54, 1.807) is 0 Å². The molecule has 0 aromatic rings. The minimum absolute atomic E-state index is 0.469. The summed E-state index contributed by atoms with van der Waals surface area (Å²) < 4.78 is 0. The van der Waals surface area contributed by atoms with E-state index in [9.17, 15) is 0 Å². The van der Waals surface area contributed by atoms with Crippen molar-refractivity contribution in [3.05, 3.63) is 0 Å². The lowest BCUT2D eigenvalue weighted by molar-refractivity contribution is 0.0788. The number of hydrogen-bond donors (Lipinski definition) is 1. The molecule has 0 bridgehead atoms. The molecule has 2 saturated carbocycles. The van der Waals surface area contributed by atoms with Gasteiger partial charge in [-0.2, -0.15) is 0 Å². The van der Waals surface area contributed by atoms with Crippen molar-refractivity contribution in [2.75, 3.05) is 26.2 Å². The number of nitrogens with zero attached hydrogens (tertiary/aromatic N) is 1. The fraction of sp³-hybridized carbons (Fsp3) is 1.00. The van der Waals surface area contributed by atoms with Gasteiger partial charge >= 0.3 is 0 Å². The largest absolute Gasteiger partial charge is 0.313 e. The highest BCUT2D eigenvalue weighted by Crippen LogP contribution is 2.40. The SMILES string of the molecule is CCCNC1C(CN(CC)CC2CC2)CCCC1(C)C. The average Bonchev–Trinajstić information content (AvgIpc) is 3.20. The Morgan fingerprint density at radius 2 is 1.85 bits per heavy atom. The Morgan fingerprint density at radius 1 is 1.10 bits per heavy atom. The summed E-state index contributed by atoms with van der Waals surface area (Å²) in [5.41, 5.74) is 0.469. The van der Waals surface area contributed by atoms with Crippen LogP contribution >= 0.6 is 0 Å². The van der Waals surface area contributed by atoms with Crippen LogP contribution in [0.5, 0.6) is 0 Å². The third kappa shape index (κ3) is 4.46. The molecule has 0 aromatic carbocycles. The molecule has 2 rings (SSSR count). The van der Waals surface area contributed by atoms with E-state index in [0.29, 0.717) is 11.5 Å². The van der Waals surface area contributed by atoms with Crippen LogP contribution in [0.2, 0.25) is 0 Å². The van der Waals surface area contributed by atoms with E-state index in [4.69, 9.17) is 0 Å². The summed E-state index contributed by atoms with van der Waals surface area (Å²) in [5.74, 6) is 1.87. The molecule has 0 radical (unpaired) electrons. The Morgan fingerprint density at radius 3 is 2.45 bits per heavy atom. The lowest BCUT2D eigenvalue weighted by atomic mass is 9.67. The molecule has 2 aliphatic carbocycles. The molecule has 2 aliphatic rings. The van der Waals surface area contributed by atoms with E-state index in [1.807, 2.05) is 0 Å². The first-order valence-electron chi connectivity index (χ1n) is 9.02. The highest BCUT2D eigenvalue weighted by molar-refractivity contribution is 4.94. The minimum atomic E-state index is 0.469. The van der Waals surface area contributed by atoms with Crippen molar-refractivity contribution in [3.63, 3.8) is 0 Å². The van der Waals surface area contributed by atoms with Crippen LogP contribution in [0, 0.1) is 17.3 Å². The van der Waals surface area contributed by atoms with Crippen molar-refractivity contribution in [1.82, 2.24) is 10.2 Å². The van der Waals surface area contributed by atoms with Crippen LogP contribution in [0.3, 0.4) is 0 Å². The molecule has 2 fully saturated rings. The normalized spacial score (nSPS) is 29.9. The summed E-state index contributed by atoms with van der Waals surface area (Å²) in [6.45, 7) is 14.7. The summed E-state index contributed by atoms with van der Waals surface area (Å²) in [7, 11) is 0. The third-order valence-corrected chi connectivity index (χ3v) is 5.48. The van der Waals surface area contributed by atoms with Crippen LogP contribution in [0.4, 0.5) is 0 Å². The highest BCUT2D eigenvalue weighted by Gasteiger charge is 2.39. The van der Waals surface area contributed by atoms with Crippen LogP contribution < -0.4 is 5.32 Å². The van der Waals surface area contributed by atoms with Gasteiger partial charge in [0.15, 0.2) is 0 Å². The van der Waals surface area contributed by atoms with Crippen molar-refractivity contribution in [3.8, 4) is 0 Å². The second-order valence-corrected chi connectivity index (χ2v) is 7.87. The lowest BCUT2D eigenvalue weighted by Crippen LogP contribution is -2.53. The summed E-state index contributed by atoms with van der Waals surface area (Å²) in [5, 5.41) is 3.88. The van der Waals surface area contributed by atoms with Crippen LogP contribution in [0.25, 0.3) is 0 Å².